The standard InChI is InChI=1S/C16H16Cl2N2/c17-14-7-6-12(10-15(14)18)16(8-9-19-11-16)20-13-4-2-1-3-5-13/h1-7,10,19-20H,8-9,11H2/t16-/m1/s1. The van der Waals surface area contributed by atoms with Gasteiger partial charge in [0.1, 0.15) is 0 Å². The summed E-state index contributed by atoms with van der Waals surface area (Å²) in [4.78, 5) is 0. The third kappa shape index (κ3) is 2.64. The molecule has 0 bridgehead atoms. The second-order valence-electron chi connectivity index (χ2n) is 5.13. The van der Waals surface area contributed by atoms with Crippen LogP contribution in [-0.2, 0) is 5.54 Å². The molecule has 4 heteroatoms. The highest BCUT2D eigenvalue weighted by atomic mass is 35.5. The molecule has 3 rings (SSSR count). The zero-order chi connectivity index (χ0) is 14.0. The summed E-state index contributed by atoms with van der Waals surface area (Å²) >= 11 is 12.2. The maximum Gasteiger partial charge on any atom is 0.0762 e. The van der Waals surface area contributed by atoms with E-state index < -0.39 is 0 Å². The van der Waals surface area contributed by atoms with Crippen molar-refractivity contribution in [2.75, 3.05) is 18.4 Å². The molecule has 0 saturated carbocycles. The highest BCUT2D eigenvalue weighted by Gasteiger charge is 2.35. The van der Waals surface area contributed by atoms with Crippen LogP contribution < -0.4 is 10.6 Å². The van der Waals surface area contributed by atoms with Crippen LogP contribution in [0.4, 0.5) is 5.69 Å². The number of benzene rings is 2. The molecule has 2 aromatic carbocycles. The molecule has 1 aliphatic rings. The molecule has 1 fully saturated rings. The second-order valence-corrected chi connectivity index (χ2v) is 5.94. The summed E-state index contributed by atoms with van der Waals surface area (Å²) < 4.78 is 0. The molecular formula is C16H16Cl2N2. The molecule has 20 heavy (non-hydrogen) atoms. The largest absolute Gasteiger partial charge is 0.374 e. The lowest BCUT2D eigenvalue weighted by Crippen LogP contribution is -2.37. The van der Waals surface area contributed by atoms with Gasteiger partial charge in [0.2, 0.25) is 0 Å². The van der Waals surface area contributed by atoms with Gasteiger partial charge in [-0.05, 0) is 42.8 Å². The van der Waals surface area contributed by atoms with Crippen molar-refractivity contribution in [2.45, 2.75) is 12.0 Å². The van der Waals surface area contributed by atoms with Crippen molar-refractivity contribution in [2.24, 2.45) is 0 Å². The number of rotatable bonds is 3. The van der Waals surface area contributed by atoms with Gasteiger partial charge in [-0.2, -0.15) is 0 Å². The molecule has 1 atom stereocenters. The zero-order valence-electron chi connectivity index (χ0n) is 11.0. The maximum absolute atomic E-state index is 6.18. The fourth-order valence-corrected chi connectivity index (χ4v) is 3.01. The summed E-state index contributed by atoms with van der Waals surface area (Å²) in [5, 5.41) is 8.28. The predicted octanol–water partition coefficient (Wildman–Crippen LogP) is 4.29. The van der Waals surface area contributed by atoms with Crippen molar-refractivity contribution < 1.29 is 0 Å². The van der Waals surface area contributed by atoms with Gasteiger partial charge in [-0.1, -0.05) is 47.5 Å². The molecule has 0 spiro atoms. The molecule has 104 valence electrons. The number of para-hydroxylation sites is 1. The highest BCUT2D eigenvalue weighted by molar-refractivity contribution is 6.42. The average molecular weight is 307 g/mol. The van der Waals surface area contributed by atoms with Gasteiger partial charge in [0.15, 0.2) is 0 Å². The highest BCUT2D eigenvalue weighted by Crippen LogP contribution is 2.35. The Hall–Kier alpha value is -1.22. The van der Waals surface area contributed by atoms with Crippen molar-refractivity contribution in [3.63, 3.8) is 0 Å². The van der Waals surface area contributed by atoms with Gasteiger partial charge in [0, 0.05) is 12.2 Å². The monoisotopic (exact) mass is 306 g/mol. The van der Waals surface area contributed by atoms with E-state index in [4.69, 9.17) is 23.2 Å². The molecule has 1 heterocycles. The van der Waals surface area contributed by atoms with Crippen LogP contribution in [0.25, 0.3) is 0 Å². The van der Waals surface area contributed by atoms with Gasteiger partial charge in [0.05, 0.1) is 15.6 Å². The smallest absolute Gasteiger partial charge is 0.0762 e. The minimum absolute atomic E-state index is 0.129. The first kappa shape index (κ1) is 13.7. The van der Waals surface area contributed by atoms with Gasteiger partial charge in [-0.25, -0.2) is 0 Å². The van der Waals surface area contributed by atoms with Crippen LogP contribution in [0, 0.1) is 0 Å². The molecule has 0 aliphatic carbocycles. The Bertz CT molecular complexity index is 593. The first-order valence-corrected chi connectivity index (χ1v) is 7.45. The summed E-state index contributed by atoms with van der Waals surface area (Å²) in [6.07, 6.45) is 1.01. The van der Waals surface area contributed by atoms with E-state index in [9.17, 15) is 0 Å². The number of halogens is 2. The fraction of sp³-hybridized carbons (Fsp3) is 0.250. The Morgan fingerprint density at radius 3 is 2.45 bits per heavy atom. The first-order chi connectivity index (χ1) is 9.70. The fourth-order valence-electron chi connectivity index (χ4n) is 2.71. The lowest BCUT2D eigenvalue weighted by atomic mass is 9.88. The normalized spacial score (nSPS) is 21.9. The zero-order valence-corrected chi connectivity index (χ0v) is 12.5. The Morgan fingerprint density at radius 1 is 1.00 bits per heavy atom. The van der Waals surface area contributed by atoms with E-state index in [-0.39, 0.29) is 5.54 Å². The van der Waals surface area contributed by atoms with Crippen LogP contribution >= 0.6 is 23.2 Å². The number of hydrogen-bond acceptors (Lipinski definition) is 2. The maximum atomic E-state index is 6.18. The predicted molar refractivity (Wildman–Crippen MR) is 85.7 cm³/mol. The third-order valence-corrected chi connectivity index (χ3v) is 4.52. The molecule has 0 aromatic heterocycles. The minimum atomic E-state index is -0.129. The lowest BCUT2D eigenvalue weighted by Gasteiger charge is -2.32. The van der Waals surface area contributed by atoms with Gasteiger partial charge in [-0.15, -0.1) is 0 Å². The summed E-state index contributed by atoms with van der Waals surface area (Å²) in [6.45, 7) is 1.86. The van der Waals surface area contributed by atoms with Crippen molar-refractivity contribution in [1.29, 1.82) is 0 Å². The summed E-state index contributed by atoms with van der Waals surface area (Å²) in [6, 6.07) is 16.1. The van der Waals surface area contributed by atoms with Crippen LogP contribution in [0.3, 0.4) is 0 Å². The summed E-state index contributed by atoms with van der Waals surface area (Å²) in [7, 11) is 0. The van der Waals surface area contributed by atoms with Gasteiger partial charge in [0.25, 0.3) is 0 Å². The molecule has 1 aliphatic heterocycles. The molecule has 2 nitrogen and oxygen atoms in total. The van der Waals surface area contributed by atoms with E-state index in [0.29, 0.717) is 10.0 Å². The molecule has 0 unspecified atom stereocenters. The van der Waals surface area contributed by atoms with Crippen molar-refractivity contribution in [3.05, 3.63) is 64.1 Å². The molecule has 1 saturated heterocycles. The van der Waals surface area contributed by atoms with Gasteiger partial charge < -0.3 is 10.6 Å². The van der Waals surface area contributed by atoms with Gasteiger partial charge >= 0.3 is 0 Å². The Labute approximate surface area is 129 Å². The molecule has 0 radical (unpaired) electrons. The molecule has 0 amide bonds. The van der Waals surface area contributed by atoms with Crippen molar-refractivity contribution in [1.82, 2.24) is 5.32 Å². The van der Waals surface area contributed by atoms with Gasteiger partial charge in [-0.3, -0.25) is 0 Å². The van der Waals surface area contributed by atoms with E-state index in [1.54, 1.807) is 0 Å². The Morgan fingerprint density at radius 2 is 1.80 bits per heavy atom. The third-order valence-electron chi connectivity index (χ3n) is 3.78. The Balaban J connectivity index is 1.97. The minimum Gasteiger partial charge on any atom is -0.374 e. The van der Waals surface area contributed by atoms with E-state index in [2.05, 4.69) is 28.8 Å². The van der Waals surface area contributed by atoms with Crippen LogP contribution in [0.5, 0.6) is 0 Å². The molecule has 2 N–H and O–H groups in total. The summed E-state index contributed by atoms with van der Waals surface area (Å²) in [5.41, 5.74) is 2.15. The number of anilines is 1. The van der Waals surface area contributed by atoms with Crippen LogP contribution in [-0.4, -0.2) is 13.1 Å². The van der Waals surface area contributed by atoms with E-state index in [0.717, 1.165) is 25.2 Å². The first-order valence-electron chi connectivity index (χ1n) is 6.69. The molecule has 2 aromatic rings. The average Bonchev–Trinajstić information content (AvgIpc) is 2.93. The summed E-state index contributed by atoms with van der Waals surface area (Å²) in [5.74, 6) is 0. The quantitative estimate of drug-likeness (QED) is 0.883. The van der Waals surface area contributed by atoms with Crippen LogP contribution in [0.2, 0.25) is 10.0 Å². The van der Waals surface area contributed by atoms with Crippen LogP contribution in [0.1, 0.15) is 12.0 Å². The van der Waals surface area contributed by atoms with E-state index in [1.165, 1.54) is 5.56 Å². The second kappa shape index (κ2) is 5.65. The van der Waals surface area contributed by atoms with E-state index in [1.807, 2.05) is 30.3 Å². The van der Waals surface area contributed by atoms with E-state index >= 15 is 0 Å². The van der Waals surface area contributed by atoms with Crippen molar-refractivity contribution >= 4 is 28.9 Å². The number of nitrogens with one attached hydrogen (secondary N) is 2. The Kier molecular flexibility index (Phi) is 3.88. The lowest BCUT2D eigenvalue weighted by molar-refractivity contribution is 0.543. The van der Waals surface area contributed by atoms with Crippen LogP contribution in [0.15, 0.2) is 48.5 Å². The number of hydrogen-bond donors (Lipinski definition) is 2. The molecular weight excluding hydrogens is 291 g/mol. The van der Waals surface area contributed by atoms with Crippen molar-refractivity contribution in [3.8, 4) is 0 Å². The topological polar surface area (TPSA) is 24.1 Å². The SMILES string of the molecule is Clc1ccc([C@@]2(Nc3ccccc3)CCNC2)cc1Cl.